The van der Waals surface area contributed by atoms with Crippen molar-refractivity contribution in [1.29, 1.82) is 0 Å². The first-order valence-corrected chi connectivity index (χ1v) is 12.0. The molecule has 2 aromatic heterocycles. The molecular formula is C24H35FN6O3. The van der Waals surface area contributed by atoms with Gasteiger partial charge in [0.05, 0.1) is 36.4 Å². The summed E-state index contributed by atoms with van der Waals surface area (Å²) in [6.07, 6.45) is 9.91. The molecule has 3 heterocycles. The lowest BCUT2D eigenvalue weighted by atomic mass is 9.91. The minimum absolute atomic E-state index is 0.298. The van der Waals surface area contributed by atoms with Crippen LogP contribution in [0.25, 0.3) is 11.3 Å². The second-order valence-corrected chi connectivity index (χ2v) is 9.20. The van der Waals surface area contributed by atoms with Crippen LogP contribution in [0.3, 0.4) is 0 Å². The molecule has 0 aromatic carbocycles. The van der Waals surface area contributed by atoms with Crippen molar-refractivity contribution in [2.45, 2.75) is 56.1 Å². The van der Waals surface area contributed by atoms with Crippen LogP contribution in [0.4, 0.5) is 10.2 Å². The molecule has 0 amide bonds. The third kappa shape index (κ3) is 6.82. The molecule has 10 heteroatoms. The molecule has 34 heavy (non-hydrogen) atoms. The predicted octanol–water partition coefficient (Wildman–Crippen LogP) is 2.52. The lowest BCUT2D eigenvalue weighted by Gasteiger charge is -2.32. The molecule has 186 valence electrons. The van der Waals surface area contributed by atoms with Gasteiger partial charge < -0.3 is 30.6 Å². The number of rotatable bonds is 10. The second-order valence-electron chi connectivity index (χ2n) is 9.20. The van der Waals surface area contributed by atoms with Gasteiger partial charge in [0.2, 0.25) is 5.88 Å². The highest BCUT2D eigenvalue weighted by atomic mass is 19.1. The maximum absolute atomic E-state index is 14.7. The molecule has 0 spiro atoms. The summed E-state index contributed by atoms with van der Waals surface area (Å²) in [5.41, 5.74) is 6.66. The number of nitrogens with two attached hydrogens (primary N) is 1. The zero-order chi connectivity index (χ0) is 23.8. The summed E-state index contributed by atoms with van der Waals surface area (Å²) in [6, 6.07) is 2.50. The van der Waals surface area contributed by atoms with Gasteiger partial charge in [-0.05, 0) is 44.6 Å². The summed E-state index contributed by atoms with van der Waals surface area (Å²) in [5.74, 6) is 0.491. The lowest BCUT2D eigenvalue weighted by Crippen LogP contribution is -2.49. The first-order chi connectivity index (χ1) is 16.5. The molecule has 4 rings (SSSR count). The number of hydrogen-bond acceptors (Lipinski definition) is 9. The molecule has 2 aromatic rings. The average Bonchev–Trinajstić information content (AvgIpc) is 2.86. The van der Waals surface area contributed by atoms with E-state index in [1.807, 2.05) is 0 Å². The molecular weight excluding hydrogens is 439 g/mol. The van der Waals surface area contributed by atoms with Crippen LogP contribution in [0.2, 0.25) is 0 Å². The minimum atomic E-state index is -0.456. The van der Waals surface area contributed by atoms with Crippen molar-refractivity contribution in [2.75, 3.05) is 45.4 Å². The van der Waals surface area contributed by atoms with Crippen LogP contribution in [0.15, 0.2) is 24.7 Å². The van der Waals surface area contributed by atoms with E-state index in [9.17, 15) is 4.39 Å². The molecule has 1 saturated carbocycles. The Kier molecular flexibility index (Phi) is 8.60. The van der Waals surface area contributed by atoms with Crippen LogP contribution in [-0.4, -0.2) is 72.7 Å². The highest BCUT2D eigenvalue weighted by Gasteiger charge is 2.29. The Labute approximate surface area is 200 Å². The molecule has 0 atom stereocenters. The number of pyridine rings is 1. The third-order valence-corrected chi connectivity index (χ3v) is 6.56. The smallest absolute Gasteiger partial charge is 0.232 e. The Morgan fingerprint density at radius 1 is 1.15 bits per heavy atom. The Hall–Kier alpha value is -2.40. The van der Waals surface area contributed by atoms with Crippen LogP contribution in [0, 0.1) is 5.82 Å². The van der Waals surface area contributed by atoms with Crippen LogP contribution >= 0.6 is 0 Å². The van der Waals surface area contributed by atoms with E-state index in [4.69, 9.17) is 19.9 Å². The van der Waals surface area contributed by atoms with E-state index >= 15 is 0 Å². The Bertz CT molecular complexity index is 919. The molecule has 1 aliphatic carbocycles. The van der Waals surface area contributed by atoms with E-state index in [0.717, 1.165) is 51.7 Å². The van der Waals surface area contributed by atoms with Gasteiger partial charge in [-0.25, -0.2) is 14.4 Å². The van der Waals surface area contributed by atoms with Crippen molar-refractivity contribution in [2.24, 2.45) is 5.73 Å². The summed E-state index contributed by atoms with van der Waals surface area (Å²) >= 11 is 0. The molecule has 4 N–H and O–H groups in total. The number of ether oxygens (including phenoxy) is 3. The SMILES string of the molecule is COCCNC1CCC(Nc2cc(-c3cncc(OCC4(N)CCOCC4)n3)c(F)cn2)CC1. The van der Waals surface area contributed by atoms with Gasteiger partial charge in [0.15, 0.2) is 5.82 Å². The lowest BCUT2D eigenvalue weighted by molar-refractivity contribution is 0.0335. The maximum atomic E-state index is 14.7. The summed E-state index contributed by atoms with van der Waals surface area (Å²) in [4.78, 5) is 12.9. The molecule has 0 unspecified atom stereocenters. The number of aromatic nitrogens is 3. The minimum Gasteiger partial charge on any atom is -0.475 e. The van der Waals surface area contributed by atoms with Gasteiger partial charge in [0.1, 0.15) is 12.4 Å². The zero-order valence-corrected chi connectivity index (χ0v) is 19.8. The van der Waals surface area contributed by atoms with E-state index in [2.05, 4.69) is 25.6 Å². The second kappa shape index (κ2) is 11.8. The Morgan fingerprint density at radius 3 is 2.68 bits per heavy atom. The molecule has 0 radical (unpaired) electrons. The van der Waals surface area contributed by atoms with Gasteiger partial charge in [-0.2, -0.15) is 0 Å². The summed E-state index contributed by atoms with van der Waals surface area (Å²) in [6.45, 7) is 3.14. The monoisotopic (exact) mass is 474 g/mol. The van der Waals surface area contributed by atoms with Crippen molar-refractivity contribution >= 4 is 5.82 Å². The molecule has 0 bridgehead atoms. The van der Waals surface area contributed by atoms with Gasteiger partial charge in [-0.1, -0.05) is 0 Å². The van der Waals surface area contributed by atoms with E-state index in [1.54, 1.807) is 13.2 Å². The van der Waals surface area contributed by atoms with Crippen LogP contribution in [0.1, 0.15) is 38.5 Å². The fourth-order valence-corrected chi connectivity index (χ4v) is 4.42. The largest absolute Gasteiger partial charge is 0.475 e. The van der Waals surface area contributed by atoms with Gasteiger partial charge in [-0.15, -0.1) is 0 Å². The molecule has 1 aliphatic heterocycles. The first kappa shape index (κ1) is 24.7. The quantitative estimate of drug-likeness (QED) is 0.447. The summed E-state index contributed by atoms with van der Waals surface area (Å²) in [5, 5.41) is 6.98. The summed E-state index contributed by atoms with van der Waals surface area (Å²) in [7, 11) is 1.71. The number of nitrogens with one attached hydrogen (secondary N) is 2. The third-order valence-electron chi connectivity index (χ3n) is 6.56. The molecule has 1 saturated heterocycles. The fraction of sp³-hybridized carbons (Fsp3) is 0.625. The zero-order valence-electron chi connectivity index (χ0n) is 19.8. The van der Waals surface area contributed by atoms with Crippen LogP contribution < -0.4 is 21.1 Å². The number of methoxy groups -OCH3 is 1. The standard InChI is InChI=1S/C24H35FN6O3/c1-32-11-8-28-17-2-4-18(5-3-17)30-22-12-19(20(25)13-29-22)21-14-27-15-23(31-21)34-16-24(26)6-9-33-10-7-24/h12-15,17-18,28H,2-11,16,26H2,1H3,(H,29,30). The summed E-state index contributed by atoms with van der Waals surface area (Å²) < 4.78 is 31.0. The normalized spacial score (nSPS) is 22.3. The number of anilines is 1. The highest BCUT2D eigenvalue weighted by Crippen LogP contribution is 2.27. The van der Waals surface area contributed by atoms with E-state index in [0.29, 0.717) is 54.9 Å². The molecule has 2 aliphatic rings. The van der Waals surface area contributed by atoms with Crippen molar-refractivity contribution in [3.05, 3.63) is 30.5 Å². The van der Waals surface area contributed by atoms with Crippen molar-refractivity contribution in [1.82, 2.24) is 20.3 Å². The predicted molar refractivity (Wildman–Crippen MR) is 127 cm³/mol. The van der Waals surface area contributed by atoms with Crippen LogP contribution in [0.5, 0.6) is 5.88 Å². The number of halogens is 1. The first-order valence-electron chi connectivity index (χ1n) is 12.0. The van der Waals surface area contributed by atoms with Crippen molar-refractivity contribution < 1.29 is 18.6 Å². The Morgan fingerprint density at radius 2 is 1.91 bits per heavy atom. The number of nitrogens with zero attached hydrogens (tertiary/aromatic N) is 3. The van der Waals surface area contributed by atoms with Gasteiger partial charge in [0, 0.05) is 44.5 Å². The van der Waals surface area contributed by atoms with Gasteiger partial charge in [0.25, 0.3) is 0 Å². The van der Waals surface area contributed by atoms with Crippen molar-refractivity contribution in [3.63, 3.8) is 0 Å². The van der Waals surface area contributed by atoms with Gasteiger partial charge in [-0.3, -0.25) is 4.98 Å². The average molecular weight is 475 g/mol. The van der Waals surface area contributed by atoms with E-state index < -0.39 is 11.4 Å². The number of hydrogen-bond donors (Lipinski definition) is 3. The fourth-order valence-electron chi connectivity index (χ4n) is 4.42. The maximum Gasteiger partial charge on any atom is 0.232 e. The van der Waals surface area contributed by atoms with Crippen LogP contribution in [-0.2, 0) is 9.47 Å². The highest BCUT2D eigenvalue weighted by molar-refractivity contribution is 5.63. The van der Waals surface area contributed by atoms with E-state index in [-0.39, 0.29) is 0 Å². The molecule has 9 nitrogen and oxygen atoms in total. The Balaban J connectivity index is 1.36. The topological polar surface area (TPSA) is 116 Å². The molecule has 2 fully saturated rings. The van der Waals surface area contributed by atoms with Crippen molar-refractivity contribution in [3.8, 4) is 17.1 Å². The van der Waals surface area contributed by atoms with Gasteiger partial charge >= 0.3 is 0 Å². The van der Waals surface area contributed by atoms with E-state index in [1.165, 1.54) is 18.6 Å².